The molecule has 0 saturated carbocycles. The minimum Gasteiger partial charge on any atom is -0.450 e. The number of amides is 2. The lowest BCUT2D eigenvalue weighted by atomic mass is 10.0. The molecule has 1 fully saturated rings. The second-order valence-electron chi connectivity index (χ2n) is 7.14. The van der Waals surface area contributed by atoms with E-state index in [1.807, 2.05) is 0 Å². The van der Waals surface area contributed by atoms with Gasteiger partial charge < -0.3 is 15.0 Å². The van der Waals surface area contributed by atoms with Crippen LogP contribution >= 0.6 is 11.8 Å². The maximum Gasteiger partial charge on any atom is 0.409 e. The maximum atomic E-state index is 12.9. The number of hydrogen-bond acceptors (Lipinski definition) is 5. The molecular formula is C22H27N3O3S. The predicted molar refractivity (Wildman–Crippen MR) is 113 cm³/mol. The smallest absolute Gasteiger partial charge is 0.409 e. The summed E-state index contributed by atoms with van der Waals surface area (Å²) in [5.74, 6) is -0.126. The largest absolute Gasteiger partial charge is 0.450 e. The van der Waals surface area contributed by atoms with Gasteiger partial charge in [-0.1, -0.05) is 17.8 Å². The number of aryl methyl sites for hydroxylation is 2. The molecule has 2 heterocycles. The third-order valence-electron chi connectivity index (χ3n) is 5.06. The van der Waals surface area contributed by atoms with Crippen molar-refractivity contribution in [3.05, 3.63) is 53.2 Å². The molecule has 2 amide bonds. The molecule has 1 aliphatic rings. The zero-order chi connectivity index (χ0) is 20.8. The van der Waals surface area contributed by atoms with E-state index in [4.69, 9.17) is 4.74 Å². The van der Waals surface area contributed by atoms with Crippen LogP contribution in [0.1, 0.15) is 41.3 Å². The third-order valence-corrected chi connectivity index (χ3v) is 6.07. The van der Waals surface area contributed by atoms with Gasteiger partial charge in [0.2, 0.25) is 0 Å². The zero-order valence-corrected chi connectivity index (χ0v) is 17.9. The summed E-state index contributed by atoms with van der Waals surface area (Å²) in [5.41, 5.74) is 3.02. The van der Waals surface area contributed by atoms with Crippen molar-refractivity contribution in [3.63, 3.8) is 0 Å². The number of nitrogens with zero attached hydrogens (tertiary/aromatic N) is 2. The number of likely N-dealkylation sites (tertiary alicyclic amines) is 1. The van der Waals surface area contributed by atoms with Gasteiger partial charge in [-0.25, -0.2) is 9.78 Å². The number of piperidine rings is 1. The Morgan fingerprint density at radius 1 is 1.21 bits per heavy atom. The topological polar surface area (TPSA) is 71.5 Å². The molecule has 0 unspecified atom stereocenters. The van der Waals surface area contributed by atoms with Crippen LogP contribution < -0.4 is 5.32 Å². The number of carbonyl (C=O) groups is 2. The molecule has 0 atom stereocenters. The SMILES string of the molecule is CCOC(=O)N1CCC(NC(=O)c2cccnc2Sc2ccc(C)c(C)c2)CC1. The highest BCUT2D eigenvalue weighted by atomic mass is 32.2. The number of hydrogen-bond donors (Lipinski definition) is 1. The Morgan fingerprint density at radius 2 is 1.97 bits per heavy atom. The first-order chi connectivity index (χ1) is 14.0. The summed E-state index contributed by atoms with van der Waals surface area (Å²) in [4.78, 5) is 31.9. The van der Waals surface area contributed by atoms with Gasteiger partial charge in [-0.05, 0) is 69.0 Å². The first-order valence-electron chi connectivity index (χ1n) is 9.90. The Morgan fingerprint density at radius 3 is 2.66 bits per heavy atom. The number of ether oxygens (including phenoxy) is 1. The summed E-state index contributed by atoms with van der Waals surface area (Å²) < 4.78 is 5.04. The minimum absolute atomic E-state index is 0.0350. The van der Waals surface area contributed by atoms with Gasteiger partial charge in [0, 0.05) is 30.2 Å². The average molecular weight is 414 g/mol. The summed E-state index contributed by atoms with van der Waals surface area (Å²) in [6, 6.07) is 9.86. The monoisotopic (exact) mass is 413 g/mol. The molecule has 0 aliphatic carbocycles. The van der Waals surface area contributed by atoms with Gasteiger partial charge in [0.25, 0.3) is 5.91 Å². The normalized spacial score (nSPS) is 14.5. The molecule has 29 heavy (non-hydrogen) atoms. The molecule has 154 valence electrons. The molecule has 0 radical (unpaired) electrons. The van der Waals surface area contributed by atoms with Crippen molar-refractivity contribution in [1.82, 2.24) is 15.2 Å². The van der Waals surface area contributed by atoms with Gasteiger partial charge in [-0.3, -0.25) is 4.79 Å². The fraction of sp³-hybridized carbons (Fsp3) is 0.409. The van der Waals surface area contributed by atoms with Crippen LogP contribution in [0.4, 0.5) is 4.79 Å². The van der Waals surface area contributed by atoms with E-state index in [2.05, 4.69) is 42.3 Å². The van der Waals surface area contributed by atoms with Crippen molar-refractivity contribution in [2.75, 3.05) is 19.7 Å². The number of benzene rings is 1. The lowest BCUT2D eigenvalue weighted by Gasteiger charge is -2.31. The van der Waals surface area contributed by atoms with E-state index < -0.39 is 0 Å². The van der Waals surface area contributed by atoms with E-state index in [1.165, 1.54) is 22.9 Å². The first-order valence-corrected chi connectivity index (χ1v) is 10.7. The maximum absolute atomic E-state index is 12.9. The van der Waals surface area contributed by atoms with Crippen molar-refractivity contribution in [2.24, 2.45) is 0 Å². The summed E-state index contributed by atoms with van der Waals surface area (Å²) >= 11 is 1.50. The van der Waals surface area contributed by atoms with E-state index in [-0.39, 0.29) is 18.0 Å². The molecule has 6 nitrogen and oxygen atoms in total. The molecular weight excluding hydrogens is 386 g/mol. The van der Waals surface area contributed by atoms with Gasteiger partial charge in [0.1, 0.15) is 5.03 Å². The molecule has 2 aromatic rings. The van der Waals surface area contributed by atoms with Crippen LogP contribution in [-0.2, 0) is 4.74 Å². The second kappa shape index (κ2) is 9.78. The number of carbonyl (C=O) groups excluding carboxylic acids is 2. The van der Waals surface area contributed by atoms with E-state index in [0.29, 0.717) is 43.1 Å². The summed E-state index contributed by atoms with van der Waals surface area (Å²) in [5, 5.41) is 3.79. The van der Waals surface area contributed by atoms with Crippen LogP contribution in [0.25, 0.3) is 0 Å². The molecule has 3 rings (SSSR count). The number of aromatic nitrogens is 1. The third kappa shape index (κ3) is 5.50. The molecule has 0 spiro atoms. The quantitative estimate of drug-likeness (QED) is 0.795. The van der Waals surface area contributed by atoms with Crippen LogP contribution in [0.15, 0.2) is 46.5 Å². The van der Waals surface area contributed by atoms with Crippen LogP contribution in [0.5, 0.6) is 0 Å². The molecule has 1 N–H and O–H groups in total. The lowest BCUT2D eigenvalue weighted by molar-refractivity contribution is 0.0857. The molecule has 7 heteroatoms. The number of nitrogens with one attached hydrogen (secondary N) is 1. The van der Waals surface area contributed by atoms with Crippen LogP contribution in [0.3, 0.4) is 0 Å². The molecule has 1 aromatic carbocycles. The summed E-state index contributed by atoms with van der Waals surface area (Å²) in [7, 11) is 0. The highest BCUT2D eigenvalue weighted by Crippen LogP contribution is 2.30. The van der Waals surface area contributed by atoms with Gasteiger partial charge in [0.05, 0.1) is 12.2 Å². The fourth-order valence-corrected chi connectivity index (χ4v) is 4.20. The van der Waals surface area contributed by atoms with E-state index in [1.54, 1.807) is 30.2 Å². The Bertz CT molecular complexity index is 879. The first kappa shape index (κ1) is 21.2. The number of rotatable bonds is 5. The Balaban J connectivity index is 1.63. The van der Waals surface area contributed by atoms with Crippen LogP contribution in [0, 0.1) is 13.8 Å². The fourth-order valence-electron chi connectivity index (χ4n) is 3.22. The Labute approximate surface area is 176 Å². The van der Waals surface area contributed by atoms with Gasteiger partial charge >= 0.3 is 6.09 Å². The molecule has 1 saturated heterocycles. The zero-order valence-electron chi connectivity index (χ0n) is 17.1. The van der Waals surface area contributed by atoms with Crippen molar-refractivity contribution >= 4 is 23.8 Å². The summed E-state index contributed by atoms with van der Waals surface area (Å²) in [6.45, 7) is 7.50. The van der Waals surface area contributed by atoms with Crippen molar-refractivity contribution in [1.29, 1.82) is 0 Å². The number of pyridine rings is 1. The highest BCUT2D eigenvalue weighted by molar-refractivity contribution is 7.99. The van der Waals surface area contributed by atoms with Gasteiger partial charge in [0.15, 0.2) is 0 Å². The van der Waals surface area contributed by atoms with Crippen molar-refractivity contribution < 1.29 is 14.3 Å². The van der Waals surface area contributed by atoms with Crippen LogP contribution in [-0.4, -0.2) is 47.6 Å². The van der Waals surface area contributed by atoms with Crippen LogP contribution in [0.2, 0.25) is 0 Å². The van der Waals surface area contributed by atoms with E-state index >= 15 is 0 Å². The molecule has 1 aromatic heterocycles. The van der Waals surface area contributed by atoms with E-state index in [9.17, 15) is 9.59 Å². The lowest BCUT2D eigenvalue weighted by Crippen LogP contribution is -2.46. The van der Waals surface area contributed by atoms with Gasteiger partial charge in [-0.15, -0.1) is 0 Å². The Hall–Kier alpha value is -2.54. The minimum atomic E-state index is -0.281. The average Bonchev–Trinajstić information content (AvgIpc) is 2.72. The van der Waals surface area contributed by atoms with Crippen molar-refractivity contribution in [2.45, 2.75) is 49.6 Å². The van der Waals surface area contributed by atoms with Gasteiger partial charge in [-0.2, -0.15) is 0 Å². The highest BCUT2D eigenvalue weighted by Gasteiger charge is 2.25. The van der Waals surface area contributed by atoms with Crippen molar-refractivity contribution in [3.8, 4) is 0 Å². The second-order valence-corrected chi connectivity index (χ2v) is 8.20. The molecule has 0 bridgehead atoms. The molecule has 1 aliphatic heterocycles. The predicted octanol–water partition coefficient (Wildman–Crippen LogP) is 4.20. The van der Waals surface area contributed by atoms with E-state index in [0.717, 1.165) is 4.90 Å². The standard InChI is InChI=1S/C22H27N3O3S/c1-4-28-22(27)25-12-9-17(10-13-25)24-20(26)19-6-5-11-23-21(19)29-18-8-7-15(2)16(3)14-18/h5-8,11,14,17H,4,9-10,12-13H2,1-3H3,(H,24,26). The Kier molecular flexibility index (Phi) is 7.14. The summed E-state index contributed by atoms with van der Waals surface area (Å²) in [6.07, 6.45) is 2.85.